The lowest BCUT2D eigenvalue weighted by atomic mass is 10.1. The number of carbonyl (C=O) groups excluding carboxylic acids is 1. The zero-order chi connectivity index (χ0) is 11.8. The molecule has 0 aliphatic heterocycles. The van der Waals surface area contributed by atoms with Crippen LogP contribution >= 0.6 is 11.6 Å². The number of fused-ring (bicyclic) bond motifs is 1. The maximum atomic E-state index is 12.1. The van der Waals surface area contributed by atoms with Gasteiger partial charge in [-0.2, -0.15) is 0 Å². The summed E-state index contributed by atoms with van der Waals surface area (Å²) < 4.78 is 1.38. The summed E-state index contributed by atoms with van der Waals surface area (Å²) >= 11 is 6.22. The molecule has 2 aromatic rings. The number of allylic oxidation sites excluding steroid dienone is 1. The maximum absolute atomic E-state index is 12.1. The Kier molecular flexibility index (Phi) is 2.30. The molecule has 5 heteroatoms. The smallest absolute Gasteiger partial charge is 0.266 e. The Balaban J connectivity index is 2.10. The van der Waals surface area contributed by atoms with E-state index in [-0.39, 0.29) is 5.91 Å². The van der Waals surface area contributed by atoms with Crippen LogP contribution in [0.2, 0.25) is 5.02 Å². The molecule has 0 amide bonds. The molecular formula is C12H8ClN3O. The summed E-state index contributed by atoms with van der Waals surface area (Å²) in [6.45, 7) is 0. The van der Waals surface area contributed by atoms with Crippen LogP contribution < -0.4 is 0 Å². The molecule has 0 atom stereocenters. The normalized spacial score (nSPS) is 12.8. The van der Waals surface area contributed by atoms with E-state index in [1.54, 1.807) is 12.4 Å². The molecule has 84 valence electrons. The molecule has 0 aromatic carbocycles. The minimum absolute atomic E-state index is 0.219. The zero-order valence-electron chi connectivity index (χ0n) is 8.80. The summed E-state index contributed by atoms with van der Waals surface area (Å²) in [7, 11) is 0. The second-order valence-electron chi connectivity index (χ2n) is 3.73. The number of aromatic nitrogens is 3. The fourth-order valence-electron chi connectivity index (χ4n) is 1.83. The summed E-state index contributed by atoms with van der Waals surface area (Å²) in [5.41, 5.74) is 2.16. The van der Waals surface area contributed by atoms with Crippen LogP contribution in [0.1, 0.15) is 21.6 Å². The number of imidazole rings is 1. The first-order chi connectivity index (χ1) is 8.27. The topological polar surface area (TPSA) is 47.8 Å². The Morgan fingerprint density at radius 3 is 3.12 bits per heavy atom. The third-order valence-corrected chi connectivity index (χ3v) is 3.11. The fourth-order valence-corrected chi connectivity index (χ4v) is 2.13. The van der Waals surface area contributed by atoms with Crippen molar-refractivity contribution in [2.24, 2.45) is 0 Å². The van der Waals surface area contributed by atoms with Gasteiger partial charge in [0.15, 0.2) is 0 Å². The molecule has 2 aromatic heterocycles. The van der Waals surface area contributed by atoms with Gasteiger partial charge in [0.1, 0.15) is 6.33 Å². The lowest BCUT2D eigenvalue weighted by Crippen LogP contribution is -2.12. The number of nitrogens with zero attached hydrogens (tertiary/aromatic N) is 3. The van der Waals surface area contributed by atoms with Gasteiger partial charge in [-0.25, -0.2) is 4.98 Å². The van der Waals surface area contributed by atoms with Gasteiger partial charge in [-0.3, -0.25) is 14.3 Å². The molecule has 0 unspecified atom stereocenters. The highest BCUT2D eigenvalue weighted by molar-refractivity contribution is 6.35. The lowest BCUT2D eigenvalue weighted by molar-refractivity contribution is 0.0959. The van der Waals surface area contributed by atoms with Crippen molar-refractivity contribution in [2.75, 3.05) is 0 Å². The van der Waals surface area contributed by atoms with Crippen LogP contribution in [0.3, 0.4) is 0 Å². The third-order valence-electron chi connectivity index (χ3n) is 2.70. The SMILES string of the molecule is O=C(c1cnc2c(c1Cl)C=CC2)n1ccnc1. The van der Waals surface area contributed by atoms with Gasteiger partial charge in [-0.05, 0) is 0 Å². The van der Waals surface area contributed by atoms with E-state index in [0.29, 0.717) is 10.6 Å². The van der Waals surface area contributed by atoms with Crippen molar-refractivity contribution >= 4 is 23.6 Å². The van der Waals surface area contributed by atoms with E-state index >= 15 is 0 Å². The largest absolute Gasteiger partial charge is 0.272 e. The van der Waals surface area contributed by atoms with Gasteiger partial charge in [-0.1, -0.05) is 23.8 Å². The second kappa shape index (κ2) is 3.82. The molecule has 0 N–H and O–H groups in total. The molecule has 1 aliphatic carbocycles. The zero-order valence-corrected chi connectivity index (χ0v) is 9.55. The van der Waals surface area contributed by atoms with Gasteiger partial charge in [0.25, 0.3) is 5.91 Å². The van der Waals surface area contributed by atoms with Crippen molar-refractivity contribution < 1.29 is 4.79 Å². The van der Waals surface area contributed by atoms with E-state index in [1.807, 2.05) is 12.2 Å². The Bertz CT molecular complexity index is 617. The molecule has 4 nitrogen and oxygen atoms in total. The minimum atomic E-state index is -0.219. The molecule has 0 fully saturated rings. The van der Waals surface area contributed by atoms with E-state index in [1.165, 1.54) is 17.1 Å². The highest BCUT2D eigenvalue weighted by Gasteiger charge is 2.19. The standard InChI is InChI=1S/C12H8ClN3O/c13-11-8-2-1-3-10(8)15-6-9(11)12(17)16-5-4-14-7-16/h1-2,4-7H,3H2. The van der Waals surface area contributed by atoms with E-state index in [4.69, 9.17) is 11.6 Å². The molecule has 1 aliphatic rings. The Morgan fingerprint density at radius 1 is 1.47 bits per heavy atom. The quantitative estimate of drug-likeness (QED) is 0.774. The van der Waals surface area contributed by atoms with Crippen molar-refractivity contribution in [3.8, 4) is 0 Å². The molecule has 2 heterocycles. The predicted molar refractivity (Wildman–Crippen MR) is 63.9 cm³/mol. The first-order valence-corrected chi connectivity index (χ1v) is 5.52. The monoisotopic (exact) mass is 245 g/mol. The van der Waals surface area contributed by atoms with Crippen LogP contribution in [0.25, 0.3) is 6.08 Å². The fraction of sp³-hybridized carbons (Fsp3) is 0.0833. The lowest BCUT2D eigenvalue weighted by Gasteiger charge is -2.07. The average Bonchev–Trinajstić information content (AvgIpc) is 3.00. The van der Waals surface area contributed by atoms with Crippen LogP contribution in [0.4, 0.5) is 0 Å². The van der Waals surface area contributed by atoms with E-state index in [0.717, 1.165) is 17.7 Å². The van der Waals surface area contributed by atoms with Crippen molar-refractivity contribution in [3.05, 3.63) is 52.8 Å². The number of hydrogen-bond donors (Lipinski definition) is 0. The van der Waals surface area contributed by atoms with E-state index in [2.05, 4.69) is 9.97 Å². The van der Waals surface area contributed by atoms with Gasteiger partial charge in [-0.15, -0.1) is 0 Å². The Labute approximate surface area is 103 Å². The van der Waals surface area contributed by atoms with Gasteiger partial charge < -0.3 is 0 Å². The van der Waals surface area contributed by atoms with Gasteiger partial charge in [0.05, 0.1) is 16.3 Å². The van der Waals surface area contributed by atoms with Gasteiger partial charge in [0.2, 0.25) is 0 Å². The molecule has 0 bridgehead atoms. The first kappa shape index (κ1) is 10.2. The van der Waals surface area contributed by atoms with Crippen molar-refractivity contribution in [1.82, 2.24) is 14.5 Å². The first-order valence-electron chi connectivity index (χ1n) is 5.14. The van der Waals surface area contributed by atoms with Crippen LogP contribution in [-0.4, -0.2) is 20.4 Å². The van der Waals surface area contributed by atoms with Crippen LogP contribution in [0.5, 0.6) is 0 Å². The van der Waals surface area contributed by atoms with Crippen LogP contribution in [0.15, 0.2) is 31.0 Å². The average molecular weight is 246 g/mol. The highest BCUT2D eigenvalue weighted by atomic mass is 35.5. The summed E-state index contributed by atoms with van der Waals surface area (Å²) in [6.07, 6.45) is 10.8. The number of pyridine rings is 1. The van der Waals surface area contributed by atoms with E-state index in [9.17, 15) is 4.79 Å². The third kappa shape index (κ3) is 1.57. The van der Waals surface area contributed by atoms with Gasteiger partial charge >= 0.3 is 0 Å². The maximum Gasteiger partial charge on any atom is 0.266 e. The Morgan fingerprint density at radius 2 is 2.35 bits per heavy atom. The number of rotatable bonds is 1. The van der Waals surface area contributed by atoms with Crippen molar-refractivity contribution in [1.29, 1.82) is 0 Å². The highest BCUT2D eigenvalue weighted by Crippen LogP contribution is 2.28. The number of carbonyl (C=O) groups is 1. The summed E-state index contributed by atoms with van der Waals surface area (Å²) in [4.78, 5) is 20.2. The van der Waals surface area contributed by atoms with Crippen molar-refractivity contribution in [2.45, 2.75) is 6.42 Å². The minimum Gasteiger partial charge on any atom is -0.272 e. The van der Waals surface area contributed by atoms with Crippen molar-refractivity contribution in [3.63, 3.8) is 0 Å². The van der Waals surface area contributed by atoms with Gasteiger partial charge in [0, 0.05) is 30.6 Å². The van der Waals surface area contributed by atoms with Crippen LogP contribution in [-0.2, 0) is 6.42 Å². The second-order valence-corrected chi connectivity index (χ2v) is 4.11. The molecule has 0 radical (unpaired) electrons. The Hall–Kier alpha value is -1.94. The summed E-state index contributed by atoms with van der Waals surface area (Å²) in [6, 6.07) is 0. The molecule has 17 heavy (non-hydrogen) atoms. The number of halogens is 1. The predicted octanol–water partition coefficient (Wildman–Crippen LogP) is 2.19. The summed E-state index contributed by atoms with van der Waals surface area (Å²) in [5.74, 6) is -0.219. The molecule has 0 saturated heterocycles. The molecule has 0 saturated carbocycles. The molecule has 3 rings (SSSR count). The van der Waals surface area contributed by atoms with E-state index < -0.39 is 0 Å². The van der Waals surface area contributed by atoms with Crippen LogP contribution in [0, 0.1) is 0 Å². The molecular weight excluding hydrogens is 238 g/mol. The molecule has 0 spiro atoms. The number of hydrogen-bond acceptors (Lipinski definition) is 3. The summed E-state index contributed by atoms with van der Waals surface area (Å²) in [5, 5.41) is 0.461.